The van der Waals surface area contributed by atoms with E-state index in [0.29, 0.717) is 0 Å². The summed E-state index contributed by atoms with van der Waals surface area (Å²) in [5, 5.41) is 0. The van der Waals surface area contributed by atoms with Crippen LogP contribution in [0.4, 0.5) is 0 Å². The van der Waals surface area contributed by atoms with E-state index in [0.717, 1.165) is 24.3 Å². The predicted octanol–water partition coefficient (Wildman–Crippen LogP) is 5.62. The van der Waals surface area contributed by atoms with Gasteiger partial charge in [-0.15, -0.1) is 0 Å². The first-order valence-corrected chi connectivity index (χ1v) is 6.79. The van der Waals surface area contributed by atoms with E-state index in [2.05, 4.69) is 50.9 Å². The van der Waals surface area contributed by atoms with Crippen molar-refractivity contribution in [1.29, 1.82) is 0 Å². The van der Waals surface area contributed by atoms with E-state index in [1.54, 1.807) is 0 Å². The first kappa shape index (κ1) is 16.6. The molecule has 0 aliphatic heterocycles. The number of hydrogen-bond acceptors (Lipinski definition) is 1. The molecule has 0 aliphatic carbocycles. The van der Waals surface area contributed by atoms with Crippen LogP contribution >= 0.6 is 0 Å². The summed E-state index contributed by atoms with van der Waals surface area (Å²) in [4.78, 5) is 4.65. The van der Waals surface area contributed by atoms with Gasteiger partial charge in [-0.2, -0.15) is 0 Å². The summed E-state index contributed by atoms with van der Waals surface area (Å²) in [6, 6.07) is 0. The van der Waals surface area contributed by atoms with Gasteiger partial charge in [-0.05, 0) is 63.8 Å². The summed E-state index contributed by atoms with van der Waals surface area (Å²) < 4.78 is 0. The van der Waals surface area contributed by atoms with E-state index in [9.17, 15) is 0 Å². The topological polar surface area (TPSA) is 12.4 Å². The molecule has 0 atom stereocenters. The first-order chi connectivity index (χ1) is 8.58. The molecule has 0 saturated heterocycles. The van der Waals surface area contributed by atoms with E-state index in [1.807, 2.05) is 26.0 Å². The Morgan fingerprint density at radius 3 is 2.00 bits per heavy atom. The molecule has 0 bridgehead atoms. The lowest BCUT2D eigenvalue weighted by molar-refractivity contribution is 1.03. The lowest BCUT2D eigenvalue weighted by atomic mass is 10.0. The second-order valence-corrected chi connectivity index (χ2v) is 4.30. The van der Waals surface area contributed by atoms with Crippen LogP contribution in [-0.4, -0.2) is 5.71 Å². The Balaban J connectivity index is 5.32. The van der Waals surface area contributed by atoms with Crippen LogP contribution < -0.4 is 0 Å². The third-order valence-corrected chi connectivity index (χ3v) is 2.73. The molecule has 0 amide bonds. The fourth-order valence-corrected chi connectivity index (χ4v) is 1.77. The Kier molecular flexibility index (Phi) is 8.91. The Labute approximate surface area is 113 Å². The molecule has 0 rings (SSSR count). The van der Waals surface area contributed by atoms with Gasteiger partial charge in [0.05, 0.1) is 0 Å². The molecule has 18 heavy (non-hydrogen) atoms. The minimum Gasteiger partial charge on any atom is -0.258 e. The van der Waals surface area contributed by atoms with Crippen molar-refractivity contribution >= 4 is 5.71 Å². The molecule has 0 spiro atoms. The average molecular weight is 245 g/mol. The number of aliphatic imine (C=N–C) groups is 1. The highest BCUT2D eigenvalue weighted by molar-refractivity contribution is 5.93. The molecule has 1 nitrogen and oxygen atoms in total. The van der Waals surface area contributed by atoms with Crippen LogP contribution in [0.3, 0.4) is 0 Å². The lowest BCUT2D eigenvalue weighted by Gasteiger charge is -2.05. The molecule has 0 fully saturated rings. The molecular weight excluding hydrogens is 218 g/mol. The first-order valence-electron chi connectivity index (χ1n) is 6.79. The standard InChI is InChI=1S/C17H27N/c1-7-11-14(5)16(9-3)13-17(10-4)18-15(6)12-8-2/h7-8,11-13H,9-10H2,1-6H3/b11-7-,12-8-,16-14+,17-13-,18-15+. The Bertz CT molecular complexity index is 390. The predicted molar refractivity (Wildman–Crippen MR) is 84.1 cm³/mol. The highest BCUT2D eigenvalue weighted by atomic mass is 14.7. The van der Waals surface area contributed by atoms with E-state index in [-0.39, 0.29) is 0 Å². The zero-order chi connectivity index (χ0) is 14.0. The fourth-order valence-electron chi connectivity index (χ4n) is 1.77. The van der Waals surface area contributed by atoms with Crippen molar-refractivity contribution in [3.05, 3.63) is 47.2 Å². The zero-order valence-corrected chi connectivity index (χ0v) is 12.7. The average Bonchev–Trinajstić information content (AvgIpc) is 2.34. The highest BCUT2D eigenvalue weighted by Crippen LogP contribution is 2.16. The van der Waals surface area contributed by atoms with E-state index in [4.69, 9.17) is 0 Å². The molecule has 0 heterocycles. The SMILES string of the molecule is C\C=C/C(C)=N/C(=C\C(CC)=C(C)\C=C/C)CC. The maximum absolute atomic E-state index is 4.65. The van der Waals surface area contributed by atoms with E-state index < -0.39 is 0 Å². The van der Waals surface area contributed by atoms with Gasteiger partial charge in [0.15, 0.2) is 0 Å². The number of nitrogens with zero attached hydrogens (tertiary/aromatic N) is 1. The molecule has 0 radical (unpaired) electrons. The monoisotopic (exact) mass is 245 g/mol. The third-order valence-electron chi connectivity index (χ3n) is 2.73. The molecule has 0 aliphatic rings. The van der Waals surface area contributed by atoms with Crippen molar-refractivity contribution in [2.24, 2.45) is 4.99 Å². The smallest absolute Gasteiger partial charge is 0.0406 e. The van der Waals surface area contributed by atoms with Crippen molar-refractivity contribution in [3.63, 3.8) is 0 Å². The quantitative estimate of drug-likeness (QED) is 0.425. The summed E-state index contributed by atoms with van der Waals surface area (Å²) >= 11 is 0. The van der Waals surface area contributed by atoms with Crippen LogP contribution in [0.2, 0.25) is 0 Å². The minimum absolute atomic E-state index is 0.960. The second-order valence-electron chi connectivity index (χ2n) is 4.30. The molecule has 0 aromatic rings. The summed E-state index contributed by atoms with van der Waals surface area (Å²) in [5.74, 6) is 0. The van der Waals surface area contributed by atoms with Gasteiger partial charge in [-0.25, -0.2) is 0 Å². The third kappa shape index (κ3) is 6.39. The summed E-state index contributed by atoms with van der Waals surface area (Å²) in [5.41, 5.74) is 4.89. The van der Waals surface area contributed by atoms with Crippen molar-refractivity contribution in [2.45, 2.75) is 54.4 Å². The summed E-state index contributed by atoms with van der Waals surface area (Å²) in [6.07, 6.45) is 12.5. The molecule has 0 unspecified atom stereocenters. The molecule has 0 aromatic carbocycles. The Morgan fingerprint density at radius 1 is 0.944 bits per heavy atom. The normalized spacial score (nSPS) is 15.7. The van der Waals surface area contributed by atoms with Crippen LogP contribution in [0.15, 0.2) is 52.2 Å². The van der Waals surface area contributed by atoms with Crippen molar-refractivity contribution < 1.29 is 0 Å². The zero-order valence-electron chi connectivity index (χ0n) is 12.7. The van der Waals surface area contributed by atoms with Crippen LogP contribution in [0.1, 0.15) is 54.4 Å². The van der Waals surface area contributed by atoms with Gasteiger partial charge >= 0.3 is 0 Å². The highest BCUT2D eigenvalue weighted by Gasteiger charge is 1.98. The molecule has 1 heteroatoms. The van der Waals surface area contributed by atoms with Gasteiger partial charge in [0.25, 0.3) is 0 Å². The molecule has 0 aromatic heterocycles. The van der Waals surface area contributed by atoms with Gasteiger partial charge in [0.1, 0.15) is 0 Å². The van der Waals surface area contributed by atoms with Crippen LogP contribution in [0.5, 0.6) is 0 Å². The van der Waals surface area contributed by atoms with Crippen LogP contribution in [-0.2, 0) is 0 Å². The molecular formula is C17H27N. The number of hydrogen-bond donors (Lipinski definition) is 0. The summed E-state index contributed by atoms with van der Waals surface area (Å²) in [6.45, 7) is 12.6. The molecule has 0 saturated carbocycles. The largest absolute Gasteiger partial charge is 0.258 e. The Hall–Kier alpha value is -1.37. The van der Waals surface area contributed by atoms with Crippen molar-refractivity contribution in [1.82, 2.24) is 0 Å². The summed E-state index contributed by atoms with van der Waals surface area (Å²) in [7, 11) is 0. The van der Waals surface area contributed by atoms with Gasteiger partial charge in [-0.1, -0.05) is 32.1 Å². The van der Waals surface area contributed by atoms with Crippen molar-refractivity contribution in [3.8, 4) is 0 Å². The Morgan fingerprint density at radius 2 is 1.56 bits per heavy atom. The van der Waals surface area contributed by atoms with Gasteiger partial charge in [0.2, 0.25) is 0 Å². The maximum Gasteiger partial charge on any atom is 0.0406 e. The number of allylic oxidation sites excluding steroid dienone is 8. The fraction of sp³-hybridized carbons (Fsp3) is 0.471. The lowest BCUT2D eigenvalue weighted by Crippen LogP contribution is -1.89. The van der Waals surface area contributed by atoms with Gasteiger partial charge < -0.3 is 0 Å². The number of rotatable bonds is 6. The van der Waals surface area contributed by atoms with E-state index in [1.165, 1.54) is 11.1 Å². The second kappa shape index (κ2) is 9.64. The maximum atomic E-state index is 4.65. The molecule has 100 valence electrons. The molecule has 0 N–H and O–H groups in total. The van der Waals surface area contributed by atoms with Crippen LogP contribution in [0.25, 0.3) is 0 Å². The van der Waals surface area contributed by atoms with E-state index >= 15 is 0 Å². The van der Waals surface area contributed by atoms with Crippen molar-refractivity contribution in [2.75, 3.05) is 0 Å². The minimum atomic E-state index is 0.960. The van der Waals surface area contributed by atoms with Gasteiger partial charge in [-0.3, -0.25) is 4.99 Å². The van der Waals surface area contributed by atoms with Gasteiger partial charge in [0, 0.05) is 11.4 Å². The van der Waals surface area contributed by atoms with Crippen LogP contribution in [0, 0.1) is 0 Å².